The van der Waals surface area contributed by atoms with Crippen LogP contribution in [0, 0.1) is 11.7 Å². The van der Waals surface area contributed by atoms with Gasteiger partial charge in [-0.25, -0.2) is 18.0 Å². The van der Waals surface area contributed by atoms with Crippen molar-refractivity contribution in [1.82, 2.24) is 4.90 Å². The molecule has 2 amide bonds. The van der Waals surface area contributed by atoms with Crippen molar-refractivity contribution in [2.24, 2.45) is 5.92 Å². The number of likely N-dealkylation sites (N-methyl/N-ethyl adjacent to an activating group) is 1. The molecule has 0 aromatic heterocycles. The minimum atomic E-state index is -2.71. The standard InChI is InChI=1S/C15H19F3N2O3/c1-20(7-12(21)9-2-3-9)15(22)19-11-5-4-10(16)6-13(11)23-8-14(17)18/h4-6,9,12,14,21H,2-3,7-8H2,1H3,(H,19,22). The number of hydrogen-bond acceptors (Lipinski definition) is 3. The van der Waals surface area contributed by atoms with Crippen LogP contribution >= 0.6 is 0 Å². The molecule has 5 nitrogen and oxygen atoms in total. The molecule has 8 heteroatoms. The zero-order valence-corrected chi connectivity index (χ0v) is 12.6. The number of aliphatic hydroxyl groups excluding tert-OH is 1. The fourth-order valence-corrected chi connectivity index (χ4v) is 2.08. The maximum absolute atomic E-state index is 13.2. The summed E-state index contributed by atoms with van der Waals surface area (Å²) in [7, 11) is 1.50. The van der Waals surface area contributed by atoms with Crippen LogP contribution in [0.3, 0.4) is 0 Å². The molecule has 1 aromatic rings. The van der Waals surface area contributed by atoms with E-state index >= 15 is 0 Å². The second-order valence-electron chi connectivity index (χ2n) is 5.56. The number of anilines is 1. The first-order chi connectivity index (χ1) is 10.9. The molecule has 0 bridgehead atoms. The van der Waals surface area contributed by atoms with E-state index in [2.05, 4.69) is 5.32 Å². The maximum Gasteiger partial charge on any atom is 0.321 e. The lowest BCUT2D eigenvalue weighted by Crippen LogP contribution is -2.38. The van der Waals surface area contributed by atoms with Gasteiger partial charge in [0.1, 0.15) is 18.2 Å². The molecule has 1 unspecified atom stereocenters. The lowest BCUT2D eigenvalue weighted by atomic mass is 10.2. The Morgan fingerprint density at radius 1 is 1.48 bits per heavy atom. The number of halogens is 3. The average molecular weight is 332 g/mol. The minimum Gasteiger partial charge on any atom is -0.485 e. The van der Waals surface area contributed by atoms with Crippen LogP contribution in [0.5, 0.6) is 5.75 Å². The smallest absolute Gasteiger partial charge is 0.321 e. The first-order valence-corrected chi connectivity index (χ1v) is 7.27. The van der Waals surface area contributed by atoms with E-state index in [1.807, 2.05) is 0 Å². The molecule has 0 spiro atoms. The topological polar surface area (TPSA) is 61.8 Å². The van der Waals surface area contributed by atoms with Gasteiger partial charge in [0, 0.05) is 19.7 Å². The predicted octanol–water partition coefficient (Wildman–Crippen LogP) is 2.70. The van der Waals surface area contributed by atoms with Gasteiger partial charge in [0.25, 0.3) is 6.43 Å². The first kappa shape index (κ1) is 17.4. The van der Waals surface area contributed by atoms with E-state index in [-0.39, 0.29) is 23.9 Å². The summed E-state index contributed by atoms with van der Waals surface area (Å²) in [5.41, 5.74) is 0.0878. The van der Waals surface area contributed by atoms with Crippen LogP contribution in [0.2, 0.25) is 0 Å². The van der Waals surface area contributed by atoms with Gasteiger partial charge in [-0.2, -0.15) is 0 Å². The third kappa shape index (κ3) is 5.31. The number of hydrogen-bond donors (Lipinski definition) is 2. The lowest BCUT2D eigenvalue weighted by molar-refractivity contribution is 0.0820. The Balaban J connectivity index is 1.98. The van der Waals surface area contributed by atoms with Gasteiger partial charge < -0.3 is 20.1 Å². The van der Waals surface area contributed by atoms with Crippen molar-refractivity contribution >= 4 is 11.7 Å². The fraction of sp³-hybridized carbons (Fsp3) is 0.533. The van der Waals surface area contributed by atoms with Crippen molar-refractivity contribution in [1.29, 1.82) is 0 Å². The molecule has 128 valence electrons. The number of rotatable bonds is 7. The molecule has 1 aromatic carbocycles. The summed E-state index contributed by atoms with van der Waals surface area (Å²) in [5, 5.41) is 12.3. The number of nitrogens with zero attached hydrogens (tertiary/aromatic N) is 1. The number of benzene rings is 1. The molecule has 0 saturated heterocycles. The summed E-state index contributed by atoms with van der Waals surface area (Å²) in [4.78, 5) is 13.4. The van der Waals surface area contributed by atoms with Crippen LogP contribution in [-0.4, -0.2) is 48.8 Å². The zero-order valence-electron chi connectivity index (χ0n) is 12.6. The van der Waals surface area contributed by atoms with Crippen LogP contribution in [0.4, 0.5) is 23.7 Å². The van der Waals surface area contributed by atoms with E-state index < -0.39 is 31.0 Å². The highest BCUT2D eigenvalue weighted by Crippen LogP contribution is 2.33. The van der Waals surface area contributed by atoms with Crippen LogP contribution in [0.15, 0.2) is 18.2 Å². The fourth-order valence-electron chi connectivity index (χ4n) is 2.08. The summed E-state index contributed by atoms with van der Waals surface area (Å²) in [6.07, 6.45) is -1.41. The van der Waals surface area contributed by atoms with E-state index in [4.69, 9.17) is 4.74 Å². The number of alkyl halides is 2. The summed E-state index contributed by atoms with van der Waals surface area (Å²) in [6.45, 7) is -0.743. The highest BCUT2D eigenvalue weighted by atomic mass is 19.3. The Kier molecular flexibility index (Phi) is 5.70. The first-order valence-electron chi connectivity index (χ1n) is 7.27. The molecule has 1 aliphatic rings. The van der Waals surface area contributed by atoms with Crippen molar-refractivity contribution in [2.45, 2.75) is 25.4 Å². The molecular weight excluding hydrogens is 313 g/mol. The Labute approximate surface area is 132 Å². The van der Waals surface area contributed by atoms with Crippen molar-refractivity contribution in [3.63, 3.8) is 0 Å². The Hall–Kier alpha value is -1.96. The normalized spacial score (nSPS) is 15.4. The van der Waals surface area contributed by atoms with Crippen LogP contribution in [-0.2, 0) is 0 Å². The van der Waals surface area contributed by atoms with Gasteiger partial charge in [-0.1, -0.05) is 0 Å². The number of amides is 2. The highest BCUT2D eigenvalue weighted by molar-refractivity contribution is 5.90. The van der Waals surface area contributed by atoms with Crippen LogP contribution < -0.4 is 10.1 Å². The maximum atomic E-state index is 13.2. The van der Waals surface area contributed by atoms with E-state index in [9.17, 15) is 23.1 Å². The van der Waals surface area contributed by atoms with Gasteiger partial charge in [0.05, 0.1) is 11.8 Å². The monoisotopic (exact) mass is 332 g/mol. The Bertz CT molecular complexity index is 553. The van der Waals surface area contributed by atoms with E-state index in [0.29, 0.717) is 0 Å². The van der Waals surface area contributed by atoms with Gasteiger partial charge in [-0.3, -0.25) is 0 Å². The largest absolute Gasteiger partial charge is 0.485 e. The number of ether oxygens (including phenoxy) is 1. The summed E-state index contributed by atoms with van der Waals surface area (Å²) < 4.78 is 42.5. The highest BCUT2D eigenvalue weighted by Gasteiger charge is 2.31. The van der Waals surface area contributed by atoms with Crippen molar-refractivity contribution in [2.75, 3.05) is 25.5 Å². The summed E-state index contributed by atoms with van der Waals surface area (Å²) >= 11 is 0. The molecule has 1 atom stereocenters. The average Bonchev–Trinajstić information content (AvgIpc) is 3.31. The third-order valence-electron chi connectivity index (χ3n) is 3.52. The van der Waals surface area contributed by atoms with E-state index in [0.717, 1.165) is 25.0 Å². The van der Waals surface area contributed by atoms with Gasteiger partial charge >= 0.3 is 6.03 Å². The van der Waals surface area contributed by atoms with Crippen molar-refractivity contribution in [3.05, 3.63) is 24.0 Å². The second kappa shape index (κ2) is 7.54. The molecule has 0 radical (unpaired) electrons. The van der Waals surface area contributed by atoms with E-state index in [1.54, 1.807) is 0 Å². The molecular formula is C15H19F3N2O3. The number of carbonyl (C=O) groups is 1. The molecule has 1 saturated carbocycles. The van der Waals surface area contributed by atoms with Gasteiger partial charge in [0.2, 0.25) is 0 Å². The SMILES string of the molecule is CN(CC(O)C1CC1)C(=O)Nc1ccc(F)cc1OCC(F)F. The minimum absolute atomic E-state index is 0.0878. The van der Waals surface area contributed by atoms with Gasteiger partial charge in [-0.15, -0.1) is 0 Å². The molecule has 1 aliphatic carbocycles. The third-order valence-corrected chi connectivity index (χ3v) is 3.52. The number of nitrogens with one attached hydrogen (secondary N) is 1. The van der Waals surface area contributed by atoms with Crippen LogP contribution in [0.1, 0.15) is 12.8 Å². The van der Waals surface area contributed by atoms with Crippen LogP contribution in [0.25, 0.3) is 0 Å². The lowest BCUT2D eigenvalue weighted by Gasteiger charge is -2.22. The Morgan fingerprint density at radius 3 is 2.78 bits per heavy atom. The quantitative estimate of drug-likeness (QED) is 0.807. The number of carbonyl (C=O) groups excluding carboxylic acids is 1. The van der Waals surface area contributed by atoms with Gasteiger partial charge in [-0.05, 0) is 30.9 Å². The van der Waals surface area contributed by atoms with Crippen molar-refractivity contribution in [3.8, 4) is 5.75 Å². The van der Waals surface area contributed by atoms with Gasteiger partial charge in [0.15, 0.2) is 0 Å². The number of urea groups is 1. The molecule has 23 heavy (non-hydrogen) atoms. The zero-order chi connectivity index (χ0) is 17.0. The Morgan fingerprint density at radius 2 is 2.17 bits per heavy atom. The summed E-state index contributed by atoms with van der Waals surface area (Å²) in [6, 6.07) is 2.71. The molecule has 2 N–H and O–H groups in total. The predicted molar refractivity (Wildman–Crippen MR) is 78.3 cm³/mol. The molecule has 0 heterocycles. The van der Waals surface area contributed by atoms with E-state index in [1.165, 1.54) is 18.0 Å². The molecule has 1 fully saturated rings. The molecule has 0 aliphatic heterocycles. The summed E-state index contributed by atoms with van der Waals surface area (Å²) in [5.74, 6) is -0.611. The molecule has 2 rings (SSSR count). The number of aliphatic hydroxyl groups is 1. The van der Waals surface area contributed by atoms with Crippen molar-refractivity contribution < 1.29 is 27.8 Å². The second-order valence-corrected chi connectivity index (χ2v) is 5.56.